The standard InChI is InChI=1S/C12H20F3NO/c1-11(2,3)8-5-6-16(7-9(8)13)10(17)12(4,14)15/h8-9H,5-7H2,1-4H3. The molecule has 0 aromatic heterocycles. The van der Waals surface area contributed by atoms with Gasteiger partial charge < -0.3 is 4.90 Å². The third-order valence-electron chi connectivity index (χ3n) is 3.32. The molecular formula is C12H20F3NO. The van der Waals surface area contributed by atoms with Crippen molar-refractivity contribution in [1.82, 2.24) is 4.90 Å². The summed E-state index contributed by atoms with van der Waals surface area (Å²) in [6.45, 7) is 6.33. The molecular weight excluding hydrogens is 231 g/mol. The van der Waals surface area contributed by atoms with Crippen LogP contribution in [0.1, 0.15) is 34.1 Å². The number of likely N-dealkylation sites (tertiary alicyclic amines) is 1. The van der Waals surface area contributed by atoms with Crippen LogP contribution in [0.3, 0.4) is 0 Å². The number of amides is 1. The maximum atomic E-state index is 13.9. The fraction of sp³-hybridized carbons (Fsp3) is 0.917. The van der Waals surface area contributed by atoms with Crippen LogP contribution in [0.4, 0.5) is 13.2 Å². The van der Waals surface area contributed by atoms with Crippen LogP contribution in [-0.2, 0) is 4.79 Å². The lowest BCUT2D eigenvalue weighted by molar-refractivity contribution is -0.158. The van der Waals surface area contributed by atoms with Gasteiger partial charge in [-0.3, -0.25) is 4.79 Å². The number of nitrogens with zero attached hydrogens (tertiary/aromatic N) is 1. The molecule has 2 nitrogen and oxygen atoms in total. The summed E-state index contributed by atoms with van der Waals surface area (Å²) in [6.07, 6.45) is -0.790. The minimum Gasteiger partial charge on any atom is -0.335 e. The van der Waals surface area contributed by atoms with E-state index in [9.17, 15) is 18.0 Å². The summed E-state index contributed by atoms with van der Waals surface area (Å²) in [6, 6.07) is 0. The molecule has 1 amide bonds. The van der Waals surface area contributed by atoms with Crippen molar-refractivity contribution >= 4 is 5.91 Å². The van der Waals surface area contributed by atoms with Gasteiger partial charge in [-0.15, -0.1) is 0 Å². The van der Waals surface area contributed by atoms with Gasteiger partial charge in [-0.05, 0) is 17.8 Å². The first kappa shape index (κ1) is 14.3. The minimum absolute atomic E-state index is 0.183. The average Bonchev–Trinajstić information content (AvgIpc) is 2.12. The van der Waals surface area contributed by atoms with Crippen molar-refractivity contribution in [2.45, 2.75) is 46.2 Å². The highest BCUT2D eigenvalue weighted by atomic mass is 19.3. The predicted octanol–water partition coefficient (Wildman–Crippen LogP) is 2.87. The fourth-order valence-corrected chi connectivity index (χ4v) is 2.34. The second-order valence-corrected chi connectivity index (χ2v) is 5.92. The first-order chi connectivity index (χ1) is 7.53. The Bertz CT molecular complexity index is 293. The minimum atomic E-state index is -3.41. The first-order valence-electron chi connectivity index (χ1n) is 5.84. The number of hydrogen-bond donors (Lipinski definition) is 0. The molecule has 1 heterocycles. The van der Waals surface area contributed by atoms with E-state index in [4.69, 9.17) is 0 Å². The number of rotatable bonds is 1. The topological polar surface area (TPSA) is 20.3 Å². The van der Waals surface area contributed by atoms with E-state index in [-0.39, 0.29) is 24.4 Å². The molecule has 1 aliphatic rings. The molecule has 17 heavy (non-hydrogen) atoms. The second kappa shape index (κ2) is 4.50. The van der Waals surface area contributed by atoms with Gasteiger partial charge in [-0.25, -0.2) is 4.39 Å². The molecule has 0 N–H and O–H groups in total. The van der Waals surface area contributed by atoms with Crippen LogP contribution in [0.2, 0.25) is 0 Å². The van der Waals surface area contributed by atoms with Gasteiger partial charge in [0.2, 0.25) is 0 Å². The molecule has 0 aromatic rings. The largest absolute Gasteiger partial charge is 0.335 e. The summed E-state index contributed by atoms with van der Waals surface area (Å²) < 4.78 is 39.6. The zero-order valence-electron chi connectivity index (χ0n) is 10.8. The Labute approximate surface area is 100 Å². The van der Waals surface area contributed by atoms with E-state index in [0.717, 1.165) is 4.90 Å². The molecule has 0 spiro atoms. The molecule has 2 unspecified atom stereocenters. The molecule has 100 valence electrons. The quantitative estimate of drug-likeness (QED) is 0.701. The Morgan fingerprint density at radius 2 is 1.76 bits per heavy atom. The first-order valence-corrected chi connectivity index (χ1v) is 5.84. The highest BCUT2D eigenvalue weighted by molar-refractivity contribution is 5.83. The van der Waals surface area contributed by atoms with Gasteiger partial charge in [0.25, 0.3) is 5.91 Å². The molecule has 0 radical (unpaired) electrons. The number of hydrogen-bond acceptors (Lipinski definition) is 1. The SMILES string of the molecule is CC(F)(F)C(=O)N1CCC(C(C)(C)C)C(F)C1. The molecule has 1 rings (SSSR count). The van der Waals surface area contributed by atoms with Crippen molar-refractivity contribution in [3.05, 3.63) is 0 Å². The zero-order chi connectivity index (χ0) is 13.4. The van der Waals surface area contributed by atoms with Gasteiger partial charge in [-0.2, -0.15) is 8.78 Å². The maximum absolute atomic E-state index is 13.9. The summed E-state index contributed by atoms with van der Waals surface area (Å²) in [7, 11) is 0. The normalized spacial score (nSPS) is 27.1. The number of alkyl halides is 3. The molecule has 0 bridgehead atoms. The summed E-state index contributed by atoms with van der Waals surface area (Å²) in [5, 5.41) is 0. The lowest BCUT2D eigenvalue weighted by Crippen LogP contribution is -2.52. The van der Waals surface area contributed by atoms with E-state index in [0.29, 0.717) is 13.3 Å². The second-order valence-electron chi connectivity index (χ2n) is 5.92. The van der Waals surface area contributed by atoms with Crippen LogP contribution >= 0.6 is 0 Å². The monoisotopic (exact) mass is 251 g/mol. The van der Waals surface area contributed by atoms with Gasteiger partial charge in [0.05, 0.1) is 6.54 Å². The number of carbonyl (C=O) groups is 1. The van der Waals surface area contributed by atoms with Crippen LogP contribution in [0.5, 0.6) is 0 Å². The summed E-state index contributed by atoms with van der Waals surface area (Å²) in [5.41, 5.74) is -0.205. The zero-order valence-corrected chi connectivity index (χ0v) is 10.8. The lowest BCUT2D eigenvalue weighted by atomic mass is 9.74. The van der Waals surface area contributed by atoms with Crippen LogP contribution in [0.15, 0.2) is 0 Å². The molecule has 2 atom stereocenters. The number of carbonyl (C=O) groups excluding carboxylic acids is 1. The van der Waals surface area contributed by atoms with E-state index >= 15 is 0 Å². The van der Waals surface area contributed by atoms with Gasteiger partial charge in [-0.1, -0.05) is 20.8 Å². The Balaban J connectivity index is 2.68. The van der Waals surface area contributed by atoms with Gasteiger partial charge in [0.1, 0.15) is 6.17 Å². The lowest BCUT2D eigenvalue weighted by Gasteiger charge is -2.41. The van der Waals surface area contributed by atoms with Gasteiger partial charge in [0, 0.05) is 13.5 Å². The average molecular weight is 251 g/mol. The Morgan fingerprint density at radius 3 is 2.12 bits per heavy atom. The molecule has 0 aromatic carbocycles. The van der Waals surface area contributed by atoms with Crippen molar-refractivity contribution in [2.75, 3.05) is 13.1 Å². The van der Waals surface area contributed by atoms with Crippen molar-refractivity contribution in [3.63, 3.8) is 0 Å². The fourth-order valence-electron chi connectivity index (χ4n) is 2.34. The number of piperidine rings is 1. The van der Waals surface area contributed by atoms with E-state index in [2.05, 4.69) is 0 Å². The molecule has 5 heteroatoms. The van der Waals surface area contributed by atoms with E-state index in [1.54, 1.807) is 0 Å². The van der Waals surface area contributed by atoms with Gasteiger partial charge >= 0.3 is 5.92 Å². The maximum Gasteiger partial charge on any atom is 0.322 e. The predicted molar refractivity (Wildman–Crippen MR) is 59.7 cm³/mol. The van der Waals surface area contributed by atoms with Crippen molar-refractivity contribution < 1.29 is 18.0 Å². The van der Waals surface area contributed by atoms with E-state index in [1.807, 2.05) is 20.8 Å². The summed E-state index contributed by atoms with van der Waals surface area (Å²) in [5.74, 6) is -4.86. The summed E-state index contributed by atoms with van der Waals surface area (Å²) in [4.78, 5) is 12.3. The van der Waals surface area contributed by atoms with Crippen LogP contribution in [0, 0.1) is 11.3 Å². The Kier molecular flexibility index (Phi) is 3.79. The summed E-state index contributed by atoms with van der Waals surface area (Å²) >= 11 is 0. The smallest absolute Gasteiger partial charge is 0.322 e. The van der Waals surface area contributed by atoms with Crippen LogP contribution in [0.25, 0.3) is 0 Å². The van der Waals surface area contributed by atoms with Crippen LogP contribution in [-0.4, -0.2) is 36.0 Å². The third kappa shape index (κ3) is 3.36. The van der Waals surface area contributed by atoms with Crippen LogP contribution < -0.4 is 0 Å². The van der Waals surface area contributed by atoms with Crippen molar-refractivity contribution in [2.24, 2.45) is 11.3 Å². The highest BCUT2D eigenvalue weighted by Gasteiger charge is 2.43. The Hall–Kier alpha value is -0.740. The van der Waals surface area contributed by atoms with Gasteiger partial charge in [0.15, 0.2) is 0 Å². The number of halogens is 3. The molecule has 0 saturated carbocycles. The third-order valence-corrected chi connectivity index (χ3v) is 3.32. The van der Waals surface area contributed by atoms with E-state index < -0.39 is 18.0 Å². The highest BCUT2D eigenvalue weighted by Crippen LogP contribution is 2.36. The molecule has 1 fully saturated rings. The van der Waals surface area contributed by atoms with E-state index in [1.165, 1.54) is 0 Å². The van der Waals surface area contributed by atoms with Crippen molar-refractivity contribution in [3.8, 4) is 0 Å². The van der Waals surface area contributed by atoms with Crippen molar-refractivity contribution in [1.29, 1.82) is 0 Å². The molecule has 1 aliphatic heterocycles. The Morgan fingerprint density at radius 1 is 1.24 bits per heavy atom. The molecule has 0 aliphatic carbocycles. The molecule has 1 saturated heterocycles.